The summed E-state index contributed by atoms with van der Waals surface area (Å²) in [6.45, 7) is 7.56. The van der Waals surface area contributed by atoms with Crippen molar-refractivity contribution in [2.45, 2.75) is 37.8 Å². The molecule has 0 spiro atoms. The topological polar surface area (TPSA) is 65.1 Å². The Bertz CT molecular complexity index is 505. The third-order valence-corrected chi connectivity index (χ3v) is 6.26. The zero-order chi connectivity index (χ0) is 17.2. The van der Waals surface area contributed by atoms with Crippen LogP contribution in [0.4, 0.5) is 0 Å². The highest BCUT2D eigenvalue weighted by Crippen LogP contribution is 2.31. The second kappa shape index (κ2) is 10.3. The fourth-order valence-electron chi connectivity index (χ4n) is 4.79. The van der Waals surface area contributed by atoms with E-state index in [1.165, 1.54) is 0 Å². The van der Waals surface area contributed by atoms with Crippen molar-refractivity contribution < 1.29 is 14.3 Å². The number of hydrogen-bond donors (Lipinski definition) is 1. The lowest BCUT2D eigenvalue weighted by Gasteiger charge is -2.31. The molecule has 4 heterocycles. The number of morpholine rings is 1. The van der Waals surface area contributed by atoms with E-state index >= 15 is 0 Å². The molecular weight excluding hydrogens is 391 g/mol. The summed E-state index contributed by atoms with van der Waals surface area (Å²) in [7, 11) is 0. The van der Waals surface area contributed by atoms with Gasteiger partial charge in [-0.3, -0.25) is 14.5 Å². The predicted octanol–water partition coefficient (Wildman–Crippen LogP) is 0.364. The minimum absolute atomic E-state index is 0. The molecule has 0 aromatic rings. The minimum Gasteiger partial charge on any atom is -0.379 e. The van der Waals surface area contributed by atoms with Gasteiger partial charge in [0.2, 0.25) is 11.8 Å². The highest BCUT2D eigenvalue weighted by Gasteiger charge is 2.43. The molecule has 0 aromatic carbocycles. The highest BCUT2D eigenvalue weighted by molar-refractivity contribution is 5.89. The first kappa shape index (κ1) is 22.7. The van der Waals surface area contributed by atoms with Crippen molar-refractivity contribution in [2.24, 2.45) is 5.92 Å². The fraction of sp³-hybridized carbons (Fsp3) is 0.889. The number of nitrogens with zero attached hydrogens (tertiary/aromatic N) is 3. The number of nitrogens with one attached hydrogen (secondary N) is 1. The van der Waals surface area contributed by atoms with E-state index in [1.807, 2.05) is 4.90 Å². The smallest absolute Gasteiger partial charge is 0.228 e. The summed E-state index contributed by atoms with van der Waals surface area (Å²) >= 11 is 0. The zero-order valence-corrected chi connectivity index (χ0v) is 17.4. The lowest BCUT2D eigenvalue weighted by atomic mass is 10.1. The largest absolute Gasteiger partial charge is 0.379 e. The molecule has 0 radical (unpaired) electrons. The van der Waals surface area contributed by atoms with Crippen molar-refractivity contribution in [2.75, 3.05) is 59.0 Å². The summed E-state index contributed by atoms with van der Waals surface area (Å²) in [5.41, 5.74) is 0. The first-order valence-corrected chi connectivity index (χ1v) is 9.83. The van der Waals surface area contributed by atoms with Crippen molar-refractivity contribution in [3.8, 4) is 0 Å². The zero-order valence-electron chi connectivity index (χ0n) is 15.8. The van der Waals surface area contributed by atoms with Gasteiger partial charge in [-0.25, -0.2) is 0 Å². The monoisotopic (exact) mass is 422 g/mol. The molecule has 4 aliphatic heterocycles. The molecule has 3 atom stereocenters. The van der Waals surface area contributed by atoms with E-state index in [1.54, 1.807) is 0 Å². The fourth-order valence-corrected chi connectivity index (χ4v) is 4.79. The lowest BCUT2D eigenvalue weighted by molar-refractivity contribution is -0.138. The van der Waals surface area contributed by atoms with E-state index in [9.17, 15) is 9.59 Å². The minimum atomic E-state index is -0.140. The van der Waals surface area contributed by atoms with Crippen LogP contribution in [0.3, 0.4) is 0 Å². The Morgan fingerprint density at radius 1 is 1.07 bits per heavy atom. The molecule has 4 aliphatic rings. The number of fused-ring (bicyclic) bond motifs is 2. The Morgan fingerprint density at radius 3 is 2.59 bits per heavy atom. The van der Waals surface area contributed by atoms with Crippen LogP contribution >= 0.6 is 24.8 Å². The van der Waals surface area contributed by atoms with Gasteiger partial charge in [0.15, 0.2) is 0 Å². The maximum atomic E-state index is 13.1. The van der Waals surface area contributed by atoms with Gasteiger partial charge in [-0.1, -0.05) is 0 Å². The molecule has 9 heteroatoms. The summed E-state index contributed by atoms with van der Waals surface area (Å²) in [6, 6.07) is 0.711. The molecule has 1 N–H and O–H groups in total. The van der Waals surface area contributed by atoms with E-state index in [0.29, 0.717) is 25.0 Å². The van der Waals surface area contributed by atoms with Gasteiger partial charge < -0.3 is 19.9 Å². The molecule has 2 bridgehead atoms. The van der Waals surface area contributed by atoms with Gasteiger partial charge in [0.25, 0.3) is 0 Å². The second-order valence-corrected chi connectivity index (χ2v) is 7.82. The van der Waals surface area contributed by atoms with Gasteiger partial charge in [0.05, 0.1) is 19.1 Å². The predicted molar refractivity (Wildman–Crippen MR) is 108 cm³/mol. The normalized spacial score (nSPS) is 31.3. The second-order valence-electron chi connectivity index (χ2n) is 7.82. The van der Waals surface area contributed by atoms with Gasteiger partial charge in [0.1, 0.15) is 0 Å². The molecule has 2 amide bonds. The number of likely N-dealkylation sites (tertiary alicyclic amines) is 1. The van der Waals surface area contributed by atoms with Crippen molar-refractivity contribution in [3.05, 3.63) is 0 Å². The van der Waals surface area contributed by atoms with Crippen LogP contribution in [0.15, 0.2) is 0 Å². The summed E-state index contributed by atoms with van der Waals surface area (Å²) < 4.78 is 5.37. The molecule has 0 aromatic heterocycles. The number of rotatable bonds is 4. The molecule has 4 saturated heterocycles. The number of ether oxygens (including phenoxy) is 1. The average molecular weight is 423 g/mol. The van der Waals surface area contributed by atoms with Crippen LogP contribution in [-0.2, 0) is 14.3 Å². The van der Waals surface area contributed by atoms with Gasteiger partial charge in [-0.15, -0.1) is 24.8 Å². The maximum absolute atomic E-state index is 13.1. The first-order valence-electron chi connectivity index (χ1n) is 9.83. The highest BCUT2D eigenvalue weighted by atomic mass is 35.5. The molecule has 27 heavy (non-hydrogen) atoms. The molecule has 0 aliphatic carbocycles. The Morgan fingerprint density at radius 2 is 1.81 bits per heavy atom. The van der Waals surface area contributed by atoms with Crippen molar-refractivity contribution in [3.63, 3.8) is 0 Å². The molecule has 0 saturated carbocycles. The Labute approximate surface area is 173 Å². The van der Waals surface area contributed by atoms with Gasteiger partial charge in [-0.2, -0.15) is 0 Å². The summed E-state index contributed by atoms with van der Waals surface area (Å²) in [6.07, 6.45) is 3.67. The van der Waals surface area contributed by atoms with Crippen LogP contribution in [0.5, 0.6) is 0 Å². The Kier molecular flexibility index (Phi) is 8.62. The Hall–Kier alpha value is -0.600. The number of carbonyl (C=O) groups excluding carboxylic acids is 2. The van der Waals surface area contributed by atoms with E-state index in [-0.39, 0.29) is 42.5 Å². The molecule has 4 rings (SSSR count). The van der Waals surface area contributed by atoms with Crippen LogP contribution in [-0.4, -0.2) is 97.6 Å². The molecule has 7 nitrogen and oxygen atoms in total. The summed E-state index contributed by atoms with van der Waals surface area (Å²) in [4.78, 5) is 31.9. The van der Waals surface area contributed by atoms with E-state index in [0.717, 1.165) is 71.7 Å². The number of hydrogen-bond acceptors (Lipinski definition) is 5. The van der Waals surface area contributed by atoms with E-state index < -0.39 is 0 Å². The van der Waals surface area contributed by atoms with Crippen LogP contribution in [0, 0.1) is 5.92 Å². The van der Waals surface area contributed by atoms with Gasteiger partial charge >= 0.3 is 0 Å². The molecule has 4 fully saturated rings. The van der Waals surface area contributed by atoms with Crippen LogP contribution < -0.4 is 5.32 Å². The maximum Gasteiger partial charge on any atom is 0.228 e. The van der Waals surface area contributed by atoms with Gasteiger partial charge in [-0.05, 0) is 25.8 Å². The summed E-state index contributed by atoms with van der Waals surface area (Å²) in [5, 5.41) is 3.44. The van der Waals surface area contributed by atoms with Gasteiger partial charge in [0, 0.05) is 57.8 Å². The number of halogens is 2. The number of amides is 2. The summed E-state index contributed by atoms with van der Waals surface area (Å²) in [5.74, 6) is 0.226. The number of carbonyl (C=O) groups is 2. The van der Waals surface area contributed by atoms with Crippen LogP contribution in [0.2, 0.25) is 0 Å². The lowest BCUT2D eigenvalue weighted by Crippen LogP contribution is -2.46. The Balaban J connectivity index is 0.00000131. The van der Waals surface area contributed by atoms with E-state index in [4.69, 9.17) is 4.74 Å². The van der Waals surface area contributed by atoms with Crippen LogP contribution in [0.1, 0.15) is 25.7 Å². The van der Waals surface area contributed by atoms with Crippen LogP contribution in [0.25, 0.3) is 0 Å². The molecular formula is C18H32Cl2N4O3. The standard InChI is InChI=1S/C18H30N4O3.2ClH/c23-17-11-14(13-21(17)6-5-20-7-9-25-10-8-20)18(24)22-15-1-2-16(22)12-19-4-3-15;;/h14-16,19H,1-13H2;2*1H. The third kappa shape index (κ3) is 5.07. The molecule has 3 unspecified atom stereocenters. The van der Waals surface area contributed by atoms with Crippen molar-refractivity contribution in [1.29, 1.82) is 0 Å². The van der Waals surface area contributed by atoms with Crippen molar-refractivity contribution >= 4 is 36.6 Å². The van der Waals surface area contributed by atoms with E-state index in [2.05, 4.69) is 15.1 Å². The average Bonchev–Trinajstić information content (AvgIpc) is 3.11. The first-order chi connectivity index (χ1) is 12.2. The third-order valence-electron chi connectivity index (χ3n) is 6.26. The van der Waals surface area contributed by atoms with Crippen molar-refractivity contribution in [1.82, 2.24) is 20.0 Å². The SMILES string of the molecule is Cl.Cl.O=C1CC(C(=O)N2C3CCNCC2CC3)CN1CCN1CCOCC1. The molecule has 156 valence electrons. The quantitative estimate of drug-likeness (QED) is 0.708.